The van der Waals surface area contributed by atoms with E-state index in [1.165, 1.54) is 7.11 Å². The molecule has 1 aliphatic heterocycles. The highest BCUT2D eigenvalue weighted by atomic mass is 16.5. The molecule has 0 bridgehead atoms. The number of hydrogen-bond donors (Lipinski definition) is 0. The zero-order valence-electron chi connectivity index (χ0n) is 15.0. The molecule has 0 aromatic heterocycles. The Morgan fingerprint density at radius 2 is 1.79 bits per heavy atom. The fraction of sp³-hybridized carbons (Fsp3) is 0.579. The second-order valence-corrected chi connectivity index (χ2v) is 7.21. The van der Waals surface area contributed by atoms with Gasteiger partial charge in [-0.25, -0.2) is 0 Å². The molecule has 1 fully saturated rings. The molecule has 0 saturated carbocycles. The summed E-state index contributed by atoms with van der Waals surface area (Å²) in [6.45, 7) is 7.53. The number of rotatable bonds is 4. The first-order valence-electron chi connectivity index (χ1n) is 8.41. The van der Waals surface area contributed by atoms with Crippen LogP contribution >= 0.6 is 0 Å². The van der Waals surface area contributed by atoms with Crippen LogP contribution in [0.3, 0.4) is 0 Å². The number of benzene rings is 1. The Balaban J connectivity index is 1.90. The first-order valence-corrected chi connectivity index (χ1v) is 8.41. The lowest BCUT2D eigenvalue weighted by atomic mass is 9.86. The van der Waals surface area contributed by atoms with Gasteiger partial charge in [0, 0.05) is 13.1 Å². The van der Waals surface area contributed by atoms with Crippen molar-refractivity contribution in [2.45, 2.75) is 39.0 Å². The minimum atomic E-state index is -0.183. The van der Waals surface area contributed by atoms with Crippen molar-refractivity contribution in [1.82, 2.24) is 4.90 Å². The standard InChI is InChI=1S/C19H27NO4/c1-19(2,3)15-7-5-6-8-16(15)24-13-17(21)20-11-9-14(10-12-20)18(22)23-4/h5-8,14H,9-13H2,1-4H3. The molecule has 132 valence electrons. The van der Waals surface area contributed by atoms with E-state index < -0.39 is 0 Å². The average molecular weight is 333 g/mol. The van der Waals surface area contributed by atoms with Gasteiger partial charge in [0.15, 0.2) is 6.61 Å². The first kappa shape index (κ1) is 18.3. The molecular formula is C19H27NO4. The molecule has 0 atom stereocenters. The summed E-state index contributed by atoms with van der Waals surface area (Å²) in [6, 6.07) is 7.82. The SMILES string of the molecule is COC(=O)C1CCN(C(=O)COc2ccccc2C(C)(C)C)CC1. The van der Waals surface area contributed by atoms with Crippen LogP contribution in [0.2, 0.25) is 0 Å². The van der Waals surface area contributed by atoms with E-state index in [4.69, 9.17) is 9.47 Å². The number of likely N-dealkylation sites (tertiary alicyclic amines) is 1. The van der Waals surface area contributed by atoms with Crippen LogP contribution in [0.5, 0.6) is 5.75 Å². The predicted octanol–water partition coefficient (Wildman–Crippen LogP) is 2.77. The Morgan fingerprint density at radius 1 is 1.17 bits per heavy atom. The van der Waals surface area contributed by atoms with Gasteiger partial charge in [-0.05, 0) is 29.9 Å². The molecule has 0 radical (unpaired) electrons. The van der Waals surface area contributed by atoms with Gasteiger partial charge >= 0.3 is 5.97 Å². The number of carbonyl (C=O) groups is 2. The van der Waals surface area contributed by atoms with Crippen LogP contribution in [0.25, 0.3) is 0 Å². The zero-order chi connectivity index (χ0) is 17.7. The van der Waals surface area contributed by atoms with Crippen molar-refractivity contribution in [2.75, 3.05) is 26.8 Å². The Bertz CT molecular complexity index is 583. The molecule has 2 rings (SSSR count). The third kappa shape index (κ3) is 4.49. The van der Waals surface area contributed by atoms with Gasteiger partial charge in [-0.2, -0.15) is 0 Å². The second-order valence-electron chi connectivity index (χ2n) is 7.21. The van der Waals surface area contributed by atoms with Crippen LogP contribution < -0.4 is 4.74 Å². The van der Waals surface area contributed by atoms with E-state index in [9.17, 15) is 9.59 Å². The summed E-state index contributed by atoms with van der Waals surface area (Å²) in [4.78, 5) is 25.7. The van der Waals surface area contributed by atoms with E-state index >= 15 is 0 Å². The molecule has 1 amide bonds. The molecule has 0 aliphatic carbocycles. The fourth-order valence-corrected chi connectivity index (χ4v) is 2.97. The second kappa shape index (κ2) is 7.69. The third-order valence-electron chi connectivity index (χ3n) is 4.43. The minimum Gasteiger partial charge on any atom is -0.483 e. The molecule has 0 N–H and O–H groups in total. The summed E-state index contributed by atoms with van der Waals surface area (Å²) in [7, 11) is 1.40. The normalized spacial score (nSPS) is 15.9. The summed E-state index contributed by atoms with van der Waals surface area (Å²) < 4.78 is 10.6. The van der Waals surface area contributed by atoms with Gasteiger partial charge in [-0.1, -0.05) is 39.0 Å². The van der Waals surface area contributed by atoms with Crippen molar-refractivity contribution in [3.63, 3.8) is 0 Å². The largest absolute Gasteiger partial charge is 0.483 e. The van der Waals surface area contributed by atoms with Gasteiger partial charge in [-0.15, -0.1) is 0 Å². The van der Waals surface area contributed by atoms with Crippen LogP contribution in [0.15, 0.2) is 24.3 Å². The van der Waals surface area contributed by atoms with E-state index in [2.05, 4.69) is 20.8 Å². The lowest BCUT2D eigenvalue weighted by Crippen LogP contribution is -2.42. The minimum absolute atomic E-state index is 0.0238. The summed E-state index contributed by atoms with van der Waals surface area (Å²) in [5.74, 6) is 0.434. The van der Waals surface area contributed by atoms with Crippen molar-refractivity contribution in [1.29, 1.82) is 0 Å². The van der Waals surface area contributed by atoms with Gasteiger partial charge in [0.05, 0.1) is 13.0 Å². The van der Waals surface area contributed by atoms with E-state index in [1.807, 2.05) is 24.3 Å². The van der Waals surface area contributed by atoms with Crippen LogP contribution in [0.4, 0.5) is 0 Å². The predicted molar refractivity (Wildman–Crippen MR) is 92.0 cm³/mol. The van der Waals surface area contributed by atoms with Crippen molar-refractivity contribution < 1.29 is 19.1 Å². The molecule has 0 unspecified atom stereocenters. The maximum absolute atomic E-state index is 12.4. The molecule has 1 aromatic rings. The average Bonchev–Trinajstić information content (AvgIpc) is 2.58. The topological polar surface area (TPSA) is 55.8 Å². The van der Waals surface area contributed by atoms with E-state index in [0.717, 1.165) is 11.3 Å². The number of ether oxygens (including phenoxy) is 2. The summed E-state index contributed by atoms with van der Waals surface area (Å²) in [5.41, 5.74) is 1.04. The molecule has 1 aliphatic rings. The number of para-hydroxylation sites is 1. The summed E-state index contributed by atoms with van der Waals surface area (Å²) in [5, 5.41) is 0. The molecule has 5 nitrogen and oxygen atoms in total. The molecular weight excluding hydrogens is 306 g/mol. The lowest BCUT2D eigenvalue weighted by Gasteiger charge is -2.31. The number of nitrogens with zero attached hydrogens (tertiary/aromatic N) is 1. The highest BCUT2D eigenvalue weighted by Gasteiger charge is 2.28. The van der Waals surface area contributed by atoms with Gasteiger partial charge in [0.1, 0.15) is 5.75 Å². The highest BCUT2D eigenvalue weighted by molar-refractivity contribution is 5.78. The number of amides is 1. The van der Waals surface area contributed by atoms with Crippen LogP contribution in [-0.4, -0.2) is 43.6 Å². The highest BCUT2D eigenvalue weighted by Crippen LogP contribution is 2.31. The molecule has 1 aromatic carbocycles. The number of piperidine rings is 1. The number of carbonyl (C=O) groups excluding carboxylic acids is 2. The Morgan fingerprint density at radius 3 is 2.38 bits per heavy atom. The monoisotopic (exact) mass is 333 g/mol. The number of esters is 1. The van der Waals surface area contributed by atoms with Crippen molar-refractivity contribution in [3.05, 3.63) is 29.8 Å². The quantitative estimate of drug-likeness (QED) is 0.795. The van der Waals surface area contributed by atoms with Gasteiger partial charge in [-0.3, -0.25) is 9.59 Å². The number of hydrogen-bond acceptors (Lipinski definition) is 4. The molecule has 1 saturated heterocycles. The molecule has 24 heavy (non-hydrogen) atoms. The maximum Gasteiger partial charge on any atom is 0.308 e. The Labute approximate surface area is 143 Å². The van der Waals surface area contributed by atoms with E-state index in [-0.39, 0.29) is 29.8 Å². The maximum atomic E-state index is 12.4. The van der Waals surface area contributed by atoms with Gasteiger partial charge in [0.25, 0.3) is 5.91 Å². The summed E-state index contributed by atoms with van der Waals surface area (Å²) in [6.07, 6.45) is 1.30. The molecule has 0 spiro atoms. The van der Waals surface area contributed by atoms with Crippen molar-refractivity contribution in [3.8, 4) is 5.75 Å². The Kier molecular flexibility index (Phi) is 5.86. The van der Waals surface area contributed by atoms with Crippen LogP contribution in [0.1, 0.15) is 39.2 Å². The van der Waals surface area contributed by atoms with E-state index in [0.29, 0.717) is 25.9 Å². The van der Waals surface area contributed by atoms with Crippen molar-refractivity contribution >= 4 is 11.9 Å². The first-order chi connectivity index (χ1) is 11.3. The number of methoxy groups -OCH3 is 1. The zero-order valence-corrected chi connectivity index (χ0v) is 15.0. The van der Waals surface area contributed by atoms with Crippen LogP contribution in [-0.2, 0) is 19.7 Å². The smallest absolute Gasteiger partial charge is 0.308 e. The lowest BCUT2D eigenvalue weighted by molar-refractivity contribution is -0.149. The Hall–Kier alpha value is -2.04. The van der Waals surface area contributed by atoms with Gasteiger partial charge in [0.2, 0.25) is 0 Å². The molecule has 1 heterocycles. The van der Waals surface area contributed by atoms with Crippen LogP contribution in [0, 0.1) is 5.92 Å². The summed E-state index contributed by atoms with van der Waals surface area (Å²) >= 11 is 0. The fourth-order valence-electron chi connectivity index (χ4n) is 2.97. The third-order valence-corrected chi connectivity index (χ3v) is 4.43. The van der Waals surface area contributed by atoms with Gasteiger partial charge < -0.3 is 14.4 Å². The molecule has 5 heteroatoms. The van der Waals surface area contributed by atoms with E-state index in [1.54, 1.807) is 4.90 Å². The van der Waals surface area contributed by atoms with Crippen molar-refractivity contribution in [2.24, 2.45) is 5.92 Å².